The lowest BCUT2D eigenvalue weighted by atomic mass is 10.2. The zero-order chi connectivity index (χ0) is 23.8. The molecule has 33 heavy (non-hydrogen) atoms. The number of halogens is 1. The van der Waals surface area contributed by atoms with Crippen molar-refractivity contribution >= 4 is 44.5 Å². The van der Waals surface area contributed by atoms with E-state index in [2.05, 4.69) is 11.7 Å². The average molecular weight is 485 g/mol. The number of furan rings is 1. The maximum Gasteiger partial charge on any atom is 0.257 e. The lowest BCUT2D eigenvalue weighted by Crippen LogP contribution is -2.32. The molecule has 0 fully saturated rings. The quantitative estimate of drug-likeness (QED) is 0.311. The van der Waals surface area contributed by atoms with Gasteiger partial charge in [0.05, 0.1) is 17.5 Å². The van der Waals surface area contributed by atoms with Crippen LogP contribution >= 0.6 is 11.6 Å². The van der Waals surface area contributed by atoms with Crippen LogP contribution in [0.4, 0.5) is 0 Å². The molecule has 0 aliphatic rings. The van der Waals surface area contributed by atoms with Gasteiger partial charge >= 0.3 is 0 Å². The normalized spacial score (nSPS) is 12.9. The molecule has 4 aromatic rings. The van der Waals surface area contributed by atoms with E-state index < -0.39 is 21.2 Å². The molecule has 1 N–H and O–H groups in total. The van der Waals surface area contributed by atoms with E-state index in [4.69, 9.17) is 16.0 Å². The van der Waals surface area contributed by atoms with E-state index >= 15 is 0 Å². The highest BCUT2D eigenvalue weighted by atomic mass is 35.5. The number of hydrogen-bond donors (Lipinski definition) is 1. The predicted octanol–water partition coefficient (Wildman–Crippen LogP) is 4.31. The standard InChI is InChI=1S/C23H21ClN4O4S/c1-4-21(20-6-5-13-32-20)33(30,31)26-22(29)10-8-18-15(2)25-27(3)23(18)28-12-11-16-14-17(24)7-9-19(16)28/h4-14,21H,1H2,2-3H3,(H,26,29)/b10-8+. The third-order valence-corrected chi connectivity index (χ3v) is 6.95. The molecule has 10 heteroatoms. The van der Waals surface area contributed by atoms with Crippen LogP contribution in [0.5, 0.6) is 0 Å². The number of rotatable bonds is 7. The Morgan fingerprint density at radius 2 is 2.09 bits per heavy atom. The summed E-state index contributed by atoms with van der Waals surface area (Å²) in [4.78, 5) is 12.5. The molecule has 0 bridgehead atoms. The molecule has 3 aromatic heterocycles. The lowest BCUT2D eigenvalue weighted by Gasteiger charge is -2.11. The summed E-state index contributed by atoms with van der Waals surface area (Å²) in [5.74, 6) is 0.0855. The van der Waals surface area contributed by atoms with Crippen LogP contribution in [-0.4, -0.2) is 28.7 Å². The number of aromatic nitrogens is 3. The molecule has 1 unspecified atom stereocenters. The summed E-state index contributed by atoms with van der Waals surface area (Å²) in [6.45, 7) is 5.35. The number of fused-ring (bicyclic) bond motifs is 1. The maximum absolute atomic E-state index is 12.7. The molecule has 1 aromatic carbocycles. The molecule has 0 spiro atoms. The highest BCUT2D eigenvalue weighted by molar-refractivity contribution is 7.90. The Hall–Kier alpha value is -3.56. The van der Waals surface area contributed by atoms with Gasteiger partial charge in [-0.15, -0.1) is 6.58 Å². The molecular weight excluding hydrogens is 464 g/mol. The van der Waals surface area contributed by atoms with Crippen LogP contribution in [0.2, 0.25) is 5.02 Å². The molecule has 8 nitrogen and oxygen atoms in total. The van der Waals surface area contributed by atoms with Crippen LogP contribution in [0.3, 0.4) is 0 Å². The summed E-state index contributed by atoms with van der Waals surface area (Å²) >= 11 is 6.10. The van der Waals surface area contributed by atoms with Gasteiger partial charge in [-0.25, -0.2) is 13.1 Å². The van der Waals surface area contributed by atoms with E-state index in [0.717, 1.165) is 22.8 Å². The third-order valence-electron chi connectivity index (χ3n) is 5.13. The third kappa shape index (κ3) is 4.37. The Balaban J connectivity index is 1.64. The van der Waals surface area contributed by atoms with E-state index in [9.17, 15) is 13.2 Å². The molecule has 170 valence electrons. The van der Waals surface area contributed by atoms with Gasteiger partial charge in [-0.05, 0) is 49.4 Å². The van der Waals surface area contributed by atoms with Crippen molar-refractivity contribution in [2.45, 2.75) is 12.2 Å². The largest absolute Gasteiger partial charge is 0.468 e. The summed E-state index contributed by atoms with van der Waals surface area (Å²) < 4.78 is 36.1. The van der Waals surface area contributed by atoms with Crippen molar-refractivity contribution in [2.24, 2.45) is 7.05 Å². The first-order valence-electron chi connectivity index (χ1n) is 9.91. The number of amides is 1. The van der Waals surface area contributed by atoms with Crippen molar-refractivity contribution in [3.8, 4) is 5.82 Å². The van der Waals surface area contributed by atoms with Crippen molar-refractivity contribution in [1.29, 1.82) is 0 Å². The lowest BCUT2D eigenvalue weighted by molar-refractivity contribution is -0.114. The smallest absolute Gasteiger partial charge is 0.257 e. The van der Waals surface area contributed by atoms with E-state index in [1.54, 1.807) is 29.9 Å². The minimum atomic E-state index is -4.09. The van der Waals surface area contributed by atoms with Gasteiger partial charge in [0.2, 0.25) is 10.0 Å². The molecule has 4 rings (SSSR count). The minimum absolute atomic E-state index is 0.166. The average Bonchev–Trinajstić information content (AvgIpc) is 3.46. The number of hydrogen-bond acceptors (Lipinski definition) is 5. The molecule has 1 atom stereocenters. The van der Waals surface area contributed by atoms with E-state index in [-0.39, 0.29) is 5.76 Å². The van der Waals surface area contributed by atoms with Gasteiger partial charge in [0, 0.05) is 35.3 Å². The first-order valence-corrected chi connectivity index (χ1v) is 11.8. The molecule has 0 saturated carbocycles. The Morgan fingerprint density at radius 3 is 2.79 bits per heavy atom. The van der Waals surface area contributed by atoms with Gasteiger partial charge in [0.1, 0.15) is 11.6 Å². The summed E-state index contributed by atoms with van der Waals surface area (Å²) in [5, 5.41) is 4.85. The van der Waals surface area contributed by atoms with Gasteiger partial charge in [-0.3, -0.25) is 9.48 Å². The van der Waals surface area contributed by atoms with E-state index in [1.165, 1.54) is 18.4 Å². The molecule has 0 aliphatic heterocycles. The minimum Gasteiger partial charge on any atom is -0.468 e. The first-order chi connectivity index (χ1) is 15.7. The van der Waals surface area contributed by atoms with Gasteiger partial charge in [0.15, 0.2) is 5.25 Å². The monoisotopic (exact) mass is 484 g/mol. The van der Waals surface area contributed by atoms with Crippen LogP contribution < -0.4 is 4.72 Å². The van der Waals surface area contributed by atoms with Crippen molar-refractivity contribution < 1.29 is 17.6 Å². The number of carbonyl (C=O) groups excluding carboxylic acids is 1. The second-order valence-corrected chi connectivity index (χ2v) is 9.59. The van der Waals surface area contributed by atoms with Crippen LogP contribution in [0.1, 0.15) is 22.3 Å². The molecule has 0 aliphatic carbocycles. The number of carbonyl (C=O) groups is 1. The van der Waals surface area contributed by atoms with Crippen LogP contribution in [0.15, 0.2) is 72.0 Å². The SMILES string of the molecule is C=CC(c1ccco1)S(=O)(=O)NC(=O)/C=C/c1c(C)nn(C)c1-n1ccc2cc(Cl)ccc21. The first kappa shape index (κ1) is 22.6. The fourth-order valence-electron chi connectivity index (χ4n) is 3.69. The highest BCUT2D eigenvalue weighted by Gasteiger charge is 2.28. The van der Waals surface area contributed by atoms with Crippen molar-refractivity contribution in [1.82, 2.24) is 19.1 Å². The fraction of sp³-hybridized carbons (Fsp3) is 0.130. The second-order valence-electron chi connectivity index (χ2n) is 7.35. The van der Waals surface area contributed by atoms with E-state index in [1.807, 2.05) is 40.6 Å². The van der Waals surface area contributed by atoms with Crippen molar-refractivity contribution in [2.75, 3.05) is 0 Å². The molecule has 1 amide bonds. The van der Waals surface area contributed by atoms with Crippen LogP contribution in [0.25, 0.3) is 22.8 Å². The van der Waals surface area contributed by atoms with Gasteiger partial charge in [0.25, 0.3) is 5.91 Å². The maximum atomic E-state index is 12.7. The van der Waals surface area contributed by atoms with Crippen LogP contribution in [0, 0.1) is 6.92 Å². The molecule has 3 heterocycles. The number of nitrogens with zero attached hydrogens (tertiary/aromatic N) is 3. The topological polar surface area (TPSA) is 99.1 Å². The molecular formula is C23H21ClN4O4S. The summed E-state index contributed by atoms with van der Waals surface area (Å²) in [5.41, 5.74) is 2.26. The Bertz CT molecular complexity index is 1480. The second kappa shape index (κ2) is 8.76. The van der Waals surface area contributed by atoms with Gasteiger partial charge in [-0.2, -0.15) is 5.10 Å². The predicted molar refractivity (Wildman–Crippen MR) is 128 cm³/mol. The highest BCUT2D eigenvalue weighted by Crippen LogP contribution is 2.27. The molecule has 0 radical (unpaired) electrons. The van der Waals surface area contributed by atoms with Gasteiger partial charge in [-0.1, -0.05) is 17.7 Å². The Kier molecular flexibility index (Phi) is 6.01. The van der Waals surface area contributed by atoms with Gasteiger partial charge < -0.3 is 8.98 Å². The molecule has 0 saturated heterocycles. The number of benzene rings is 1. The zero-order valence-corrected chi connectivity index (χ0v) is 19.5. The van der Waals surface area contributed by atoms with E-state index in [0.29, 0.717) is 16.3 Å². The Morgan fingerprint density at radius 1 is 1.30 bits per heavy atom. The summed E-state index contributed by atoms with van der Waals surface area (Å²) in [6.07, 6.45) is 7.15. The van der Waals surface area contributed by atoms with Crippen molar-refractivity contribution in [3.63, 3.8) is 0 Å². The number of aryl methyl sites for hydroxylation is 2. The number of nitrogens with one attached hydrogen (secondary N) is 1. The summed E-state index contributed by atoms with van der Waals surface area (Å²) in [6, 6.07) is 10.6. The van der Waals surface area contributed by atoms with Crippen molar-refractivity contribution in [3.05, 3.63) is 89.6 Å². The zero-order valence-electron chi connectivity index (χ0n) is 17.9. The summed E-state index contributed by atoms with van der Waals surface area (Å²) in [7, 11) is -2.30. The fourth-order valence-corrected chi connectivity index (χ4v) is 5.04. The van der Waals surface area contributed by atoms with Crippen LogP contribution in [-0.2, 0) is 21.9 Å². The Labute approximate surface area is 195 Å². The number of sulfonamides is 1.